The molecule has 1 aliphatic rings. The zero-order valence-electron chi connectivity index (χ0n) is 14.0. The number of ether oxygens (including phenoxy) is 1. The van der Waals surface area contributed by atoms with Crippen LogP contribution >= 0.6 is 11.8 Å². The van der Waals surface area contributed by atoms with Crippen LogP contribution in [-0.4, -0.2) is 18.7 Å². The zero-order valence-corrected chi connectivity index (χ0v) is 14.8. The molecule has 4 nitrogen and oxygen atoms in total. The lowest BCUT2D eigenvalue weighted by Gasteiger charge is -2.24. The molecule has 128 valence electrons. The van der Waals surface area contributed by atoms with Crippen LogP contribution in [0.3, 0.4) is 0 Å². The Morgan fingerprint density at radius 2 is 2.00 bits per heavy atom. The first-order valence-electron chi connectivity index (χ1n) is 8.48. The molecule has 1 heterocycles. The SMILES string of the molecule is CCC(Oc1cccc(Sc2ccc(N)c(N)c2)c1)C1CCCN1. The first kappa shape index (κ1) is 17.0. The van der Waals surface area contributed by atoms with Gasteiger partial charge < -0.3 is 21.5 Å². The fourth-order valence-corrected chi connectivity index (χ4v) is 3.93. The van der Waals surface area contributed by atoms with Gasteiger partial charge in [0.2, 0.25) is 0 Å². The highest BCUT2D eigenvalue weighted by molar-refractivity contribution is 7.99. The van der Waals surface area contributed by atoms with Crippen molar-refractivity contribution in [3.8, 4) is 5.75 Å². The number of nitrogens with one attached hydrogen (secondary N) is 1. The van der Waals surface area contributed by atoms with E-state index in [4.69, 9.17) is 16.2 Å². The molecule has 5 heteroatoms. The van der Waals surface area contributed by atoms with Crippen LogP contribution < -0.4 is 21.5 Å². The van der Waals surface area contributed by atoms with Crippen molar-refractivity contribution in [1.82, 2.24) is 5.32 Å². The summed E-state index contributed by atoms with van der Waals surface area (Å²) < 4.78 is 6.25. The molecule has 1 aliphatic heterocycles. The predicted molar refractivity (Wildman–Crippen MR) is 102 cm³/mol. The van der Waals surface area contributed by atoms with Gasteiger partial charge in [-0.25, -0.2) is 0 Å². The van der Waals surface area contributed by atoms with Gasteiger partial charge in [-0.3, -0.25) is 0 Å². The number of hydrogen-bond acceptors (Lipinski definition) is 5. The largest absolute Gasteiger partial charge is 0.489 e. The van der Waals surface area contributed by atoms with Gasteiger partial charge in [0, 0.05) is 15.8 Å². The number of benzene rings is 2. The van der Waals surface area contributed by atoms with E-state index in [1.165, 1.54) is 12.8 Å². The van der Waals surface area contributed by atoms with Crippen molar-refractivity contribution in [3.63, 3.8) is 0 Å². The van der Waals surface area contributed by atoms with E-state index >= 15 is 0 Å². The van der Waals surface area contributed by atoms with Crippen molar-refractivity contribution < 1.29 is 4.74 Å². The third-order valence-corrected chi connectivity index (χ3v) is 5.32. The Morgan fingerprint density at radius 3 is 2.71 bits per heavy atom. The highest BCUT2D eigenvalue weighted by Crippen LogP contribution is 2.33. The van der Waals surface area contributed by atoms with Gasteiger partial charge >= 0.3 is 0 Å². The van der Waals surface area contributed by atoms with Gasteiger partial charge in [-0.1, -0.05) is 24.8 Å². The standard InChI is InChI=1S/C19H25N3OS/c1-2-19(18-7-4-10-22-18)23-13-5-3-6-14(11-13)24-15-8-9-16(20)17(21)12-15/h3,5-6,8-9,11-12,18-19,22H,2,4,7,10,20-21H2,1H3. The quantitative estimate of drug-likeness (QED) is 0.694. The number of nitrogens with two attached hydrogens (primary N) is 2. The van der Waals surface area contributed by atoms with Crippen molar-refractivity contribution >= 4 is 23.1 Å². The molecule has 0 radical (unpaired) electrons. The van der Waals surface area contributed by atoms with Crippen LogP contribution in [0.15, 0.2) is 52.3 Å². The molecule has 2 unspecified atom stereocenters. The maximum absolute atomic E-state index is 6.25. The van der Waals surface area contributed by atoms with Gasteiger partial charge in [-0.05, 0) is 62.2 Å². The highest BCUT2D eigenvalue weighted by Gasteiger charge is 2.24. The number of anilines is 2. The van der Waals surface area contributed by atoms with Crippen molar-refractivity contribution in [2.24, 2.45) is 0 Å². The molecular formula is C19H25N3OS. The van der Waals surface area contributed by atoms with Gasteiger partial charge in [0.05, 0.1) is 11.4 Å². The summed E-state index contributed by atoms with van der Waals surface area (Å²) in [6.45, 7) is 3.28. The maximum atomic E-state index is 6.25. The smallest absolute Gasteiger partial charge is 0.120 e. The third-order valence-electron chi connectivity index (χ3n) is 4.34. The van der Waals surface area contributed by atoms with Crippen molar-refractivity contribution in [3.05, 3.63) is 42.5 Å². The zero-order chi connectivity index (χ0) is 16.9. The topological polar surface area (TPSA) is 73.3 Å². The molecule has 2 aromatic carbocycles. The lowest BCUT2D eigenvalue weighted by Crippen LogP contribution is -2.38. The molecule has 5 N–H and O–H groups in total. The Morgan fingerprint density at radius 1 is 1.17 bits per heavy atom. The second kappa shape index (κ2) is 7.81. The molecule has 0 bridgehead atoms. The average molecular weight is 343 g/mol. The van der Waals surface area contributed by atoms with E-state index in [0.717, 1.165) is 28.5 Å². The van der Waals surface area contributed by atoms with Gasteiger partial charge in [0.1, 0.15) is 11.9 Å². The molecular weight excluding hydrogens is 318 g/mol. The van der Waals surface area contributed by atoms with E-state index in [-0.39, 0.29) is 6.10 Å². The van der Waals surface area contributed by atoms with E-state index < -0.39 is 0 Å². The van der Waals surface area contributed by atoms with Crippen LogP contribution in [-0.2, 0) is 0 Å². The summed E-state index contributed by atoms with van der Waals surface area (Å²) in [5.41, 5.74) is 12.9. The van der Waals surface area contributed by atoms with Crippen LogP contribution in [0.25, 0.3) is 0 Å². The second-order valence-corrected chi connectivity index (χ2v) is 7.28. The molecule has 0 amide bonds. The Bertz CT molecular complexity index is 686. The molecule has 24 heavy (non-hydrogen) atoms. The van der Waals surface area contributed by atoms with Crippen molar-refractivity contribution in [1.29, 1.82) is 0 Å². The van der Waals surface area contributed by atoms with Crippen LogP contribution in [0.1, 0.15) is 26.2 Å². The Balaban J connectivity index is 1.70. The summed E-state index contributed by atoms with van der Waals surface area (Å²) in [6, 6.07) is 14.4. The summed E-state index contributed by atoms with van der Waals surface area (Å²) in [5, 5.41) is 3.54. The molecule has 0 spiro atoms. The Kier molecular flexibility index (Phi) is 5.53. The van der Waals surface area contributed by atoms with E-state index in [9.17, 15) is 0 Å². The molecule has 2 aromatic rings. The van der Waals surface area contributed by atoms with E-state index in [1.54, 1.807) is 11.8 Å². The van der Waals surface area contributed by atoms with E-state index in [1.807, 2.05) is 30.3 Å². The lowest BCUT2D eigenvalue weighted by molar-refractivity contribution is 0.157. The van der Waals surface area contributed by atoms with Gasteiger partial charge in [-0.15, -0.1) is 0 Å². The van der Waals surface area contributed by atoms with E-state index in [2.05, 4.69) is 24.4 Å². The minimum atomic E-state index is 0.222. The highest BCUT2D eigenvalue weighted by atomic mass is 32.2. The maximum Gasteiger partial charge on any atom is 0.120 e. The summed E-state index contributed by atoms with van der Waals surface area (Å²) in [4.78, 5) is 2.20. The van der Waals surface area contributed by atoms with Crippen LogP contribution in [0.5, 0.6) is 5.75 Å². The number of rotatable bonds is 6. The molecule has 0 aromatic heterocycles. The lowest BCUT2D eigenvalue weighted by atomic mass is 10.1. The Labute approximate surface area is 148 Å². The fraction of sp³-hybridized carbons (Fsp3) is 0.368. The molecule has 2 atom stereocenters. The van der Waals surface area contributed by atoms with Gasteiger partial charge in [0.15, 0.2) is 0 Å². The van der Waals surface area contributed by atoms with Crippen molar-refractivity contribution in [2.75, 3.05) is 18.0 Å². The van der Waals surface area contributed by atoms with Gasteiger partial charge in [-0.2, -0.15) is 0 Å². The minimum Gasteiger partial charge on any atom is -0.489 e. The summed E-state index contributed by atoms with van der Waals surface area (Å²) in [7, 11) is 0. The van der Waals surface area contributed by atoms with Crippen LogP contribution in [0.4, 0.5) is 11.4 Å². The third kappa shape index (κ3) is 4.16. The summed E-state index contributed by atoms with van der Waals surface area (Å²) >= 11 is 1.66. The minimum absolute atomic E-state index is 0.222. The fourth-order valence-electron chi connectivity index (χ4n) is 3.02. The van der Waals surface area contributed by atoms with Crippen LogP contribution in [0.2, 0.25) is 0 Å². The number of nitrogen functional groups attached to an aromatic ring is 2. The Hall–Kier alpha value is -1.85. The van der Waals surface area contributed by atoms with Crippen LogP contribution in [0, 0.1) is 0 Å². The first-order chi connectivity index (χ1) is 11.7. The summed E-state index contributed by atoms with van der Waals surface area (Å²) in [5.74, 6) is 0.920. The van der Waals surface area contributed by atoms with Gasteiger partial charge in [0.25, 0.3) is 0 Å². The normalized spacial score (nSPS) is 18.5. The van der Waals surface area contributed by atoms with E-state index in [0.29, 0.717) is 17.4 Å². The van der Waals surface area contributed by atoms with Crippen molar-refractivity contribution in [2.45, 2.75) is 48.1 Å². The molecule has 0 aliphatic carbocycles. The number of hydrogen-bond donors (Lipinski definition) is 3. The average Bonchev–Trinajstić information content (AvgIpc) is 3.11. The molecule has 1 saturated heterocycles. The second-order valence-electron chi connectivity index (χ2n) is 6.14. The molecule has 1 fully saturated rings. The molecule has 3 rings (SSSR count). The predicted octanol–water partition coefficient (Wildman–Crippen LogP) is 3.91. The first-order valence-corrected chi connectivity index (χ1v) is 9.30. The summed E-state index contributed by atoms with van der Waals surface area (Å²) in [6.07, 6.45) is 3.65. The molecule has 0 saturated carbocycles. The monoisotopic (exact) mass is 343 g/mol.